The van der Waals surface area contributed by atoms with Gasteiger partial charge in [-0.3, -0.25) is 0 Å². The smallest absolute Gasteiger partial charge is 0.315 e. The van der Waals surface area contributed by atoms with E-state index in [-0.39, 0.29) is 6.03 Å². The molecule has 23 heavy (non-hydrogen) atoms. The lowest BCUT2D eigenvalue weighted by Crippen LogP contribution is -2.43. The van der Waals surface area contributed by atoms with Crippen LogP contribution in [-0.4, -0.2) is 31.8 Å². The first-order valence-electron chi connectivity index (χ1n) is 8.74. The molecule has 2 aliphatic rings. The van der Waals surface area contributed by atoms with E-state index in [2.05, 4.69) is 10.6 Å². The van der Waals surface area contributed by atoms with Gasteiger partial charge >= 0.3 is 6.03 Å². The maximum atomic E-state index is 11.9. The van der Waals surface area contributed by atoms with Crippen molar-refractivity contribution in [3.8, 4) is 11.5 Å². The van der Waals surface area contributed by atoms with Crippen LogP contribution in [0, 0.1) is 0 Å². The van der Waals surface area contributed by atoms with Crippen molar-refractivity contribution in [1.82, 2.24) is 10.6 Å². The van der Waals surface area contributed by atoms with Gasteiger partial charge in [-0.1, -0.05) is 25.3 Å². The Balaban J connectivity index is 1.43. The average Bonchev–Trinajstić information content (AvgIpc) is 2.80. The molecule has 2 N–H and O–H groups in total. The molecule has 1 heterocycles. The van der Waals surface area contributed by atoms with E-state index in [0.717, 1.165) is 42.7 Å². The lowest BCUT2D eigenvalue weighted by atomic mass is 9.96. The lowest BCUT2D eigenvalue weighted by molar-refractivity contribution is 0.233. The van der Waals surface area contributed by atoms with Crippen LogP contribution in [0.25, 0.3) is 0 Å². The molecular weight excluding hydrogens is 292 g/mol. The van der Waals surface area contributed by atoms with Gasteiger partial charge in [0.05, 0.1) is 13.2 Å². The molecule has 1 aromatic carbocycles. The van der Waals surface area contributed by atoms with Gasteiger partial charge in [-0.15, -0.1) is 0 Å². The zero-order chi connectivity index (χ0) is 15.9. The predicted molar refractivity (Wildman–Crippen MR) is 89.2 cm³/mol. The number of hydrogen-bond acceptors (Lipinski definition) is 3. The van der Waals surface area contributed by atoms with Gasteiger partial charge in [-0.2, -0.15) is 0 Å². The Hall–Kier alpha value is -1.91. The summed E-state index contributed by atoms with van der Waals surface area (Å²) < 4.78 is 11.3. The van der Waals surface area contributed by atoms with Gasteiger partial charge in [0.25, 0.3) is 0 Å². The highest BCUT2D eigenvalue weighted by Gasteiger charge is 2.15. The van der Waals surface area contributed by atoms with E-state index in [1.807, 2.05) is 18.2 Å². The molecule has 1 saturated carbocycles. The third kappa shape index (κ3) is 4.78. The van der Waals surface area contributed by atoms with Gasteiger partial charge in [0, 0.05) is 19.0 Å². The van der Waals surface area contributed by atoms with Crippen molar-refractivity contribution in [3.63, 3.8) is 0 Å². The quantitative estimate of drug-likeness (QED) is 0.897. The summed E-state index contributed by atoms with van der Waals surface area (Å²) >= 11 is 0. The highest BCUT2D eigenvalue weighted by Crippen LogP contribution is 2.30. The van der Waals surface area contributed by atoms with E-state index < -0.39 is 0 Å². The Labute approximate surface area is 137 Å². The minimum absolute atomic E-state index is 0.0498. The first-order valence-corrected chi connectivity index (χ1v) is 8.74. The van der Waals surface area contributed by atoms with Crippen LogP contribution in [0.1, 0.15) is 44.1 Å². The highest BCUT2D eigenvalue weighted by molar-refractivity contribution is 5.74. The van der Waals surface area contributed by atoms with Crippen LogP contribution in [0.4, 0.5) is 4.79 Å². The molecule has 0 bridgehead atoms. The molecule has 0 unspecified atom stereocenters. The largest absolute Gasteiger partial charge is 0.490 e. The molecular formula is C18H26N2O3. The first kappa shape index (κ1) is 16.0. The normalized spacial score (nSPS) is 18.1. The first-order chi connectivity index (χ1) is 11.3. The van der Waals surface area contributed by atoms with Crippen LogP contribution in [-0.2, 0) is 6.42 Å². The maximum absolute atomic E-state index is 11.9. The van der Waals surface area contributed by atoms with Crippen molar-refractivity contribution in [1.29, 1.82) is 0 Å². The third-order valence-electron chi connectivity index (χ3n) is 4.45. The Kier molecular flexibility index (Phi) is 5.61. The number of rotatable bonds is 4. The maximum Gasteiger partial charge on any atom is 0.315 e. The summed E-state index contributed by atoms with van der Waals surface area (Å²) in [6.07, 6.45) is 7.65. The zero-order valence-electron chi connectivity index (χ0n) is 13.6. The second-order valence-electron chi connectivity index (χ2n) is 6.32. The van der Waals surface area contributed by atoms with E-state index in [4.69, 9.17) is 9.47 Å². The van der Waals surface area contributed by atoms with E-state index in [1.54, 1.807) is 0 Å². The van der Waals surface area contributed by atoms with Crippen molar-refractivity contribution < 1.29 is 14.3 Å². The topological polar surface area (TPSA) is 59.6 Å². The van der Waals surface area contributed by atoms with Crippen LogP contribution in [0.2, 0.25) is 0 Å². The molecule has 3 rings (SSSR count). The number of urea groups is 1. The molecule has 5 nitrogen and oxygen atoms in total. The summed E-state index contributed by atoms with van der Waals surface area (Å²) in [7, 11) is 0. The van der Waals surface area contributed by atoms with Crippen molar-refractivity contribution in [2.45, 2.75) is 51.0 Å². The molecule has 0 saturated heterocycles. The number of fused-ring (bicyclic) bond motifs is 1. The Bertz CT molecular complexity index is 527. The number of hydrogen-bond donors (Lipinski definition) is 2. The summed E-state index contributed by atoms with van der Waals surface area (Å²) in [4.78, 5) is 11.9. The van der Waals surface area contributed by atoms with Gasteiger partial charge in [0.1, 0.15) is 0 Å². The van der Waals surface area contributed by atoms with E-state index >= 15 is 0 Å². The van der Waals surface area contributed by atoms with Gasteiger partial charge in [-0.05, 0) is 37.0 Å². The predicted octanol–water partition coefficient (Wildman–Crippen LogP) is 3.02. The zero-order valence-corrected chi connectivity index (χ0v) is 13.6. The molecule has 126 valence electrons. The van der Waals surface area contributed by atoms with Crippen LogP contribution in [0.15, 0.2) is 18.2 Å². The summed E-state index contributed by atoms with van der Waals surface area (Å²) in [6, 6.07) is 6.31. The second-order valence-corrected chi connectivity index (χ2v) is 6.32. The summed E-state index contributed by atoms with van der Waals surface area (Å²) in [6.45, 7) is 2.02. The average molecular weight is 318 g/mol. The number of carbonyl (C=O) groups is 1. The number of benzene rings is 1. The van der Waals surface area contributed by atoms with Crippen molar-refractivity contribution in [3.05, 3.63) is 23.8 Å². The fraction of sp³-hybridized carbons (Fsp3) is 0.611. The van der Waals surface area contributed by atoms with E-state index in [0.29, 0.717) is 25.8 Å². The minimum Gasteiger partial charge on any atom is -0.490 e. The monoisotopic (exact) mass is 318 g/mol. The van der Waals surface area contributed by atoms with Gasteiger partial charge in [0.2, 0.25) is 0 Å². The molecule has 1 fully saturated rings. The molecule has 0 spiro atoms. The molecule has 1 aliphatic heterocycles. The van der Waals surface area contributed by atoms with Crippen molar-refractivity contribution in [2.24, 2.45) is 0 Å². The lowest BCUT2D eigenvalue weighted by Gasteiger charge is -2.22. The summed E-state index contributed by atoms with van der Waals surface area (Å²) in [5.41, 5.74) is 1.15. The molecule has 0 atom stereocenters. The molecule has 5 heteroatoms. The van der Waals surface area contributed by atoms with Gasteiger partial charge in [-0.25, -0.2) is 4.79 Å². The van der Waals surface area contributed by atoms with Crippen molar-refractivity contribution >= 4 is 6.03 Å². The van der Waals surface area contributed by atoms with Crippen LogP contribution in [0.3, 0.4) is 0 Å². The standard InChI is InChI=1S/C18H26N2O3/c21-18(20-15-5-2-1-3-6-15)19-10-9-14-7-8-16-17(13-14)23-12-4-11-22-16/h7-8,13,15H,1-6,9-12H2,(H2,19,20,21). The van der Waals surface area contributed by atoms with Crippen LogP contribution in [0.5, 0.6) is 11.5 Å². The fourth-order valence-electron chi connectivity index (χ4n) is 3.17. The Morgan fingerprint density at radius 2 is 1.83 bits per heavy atom. The van der Waals surface area contributed by atoms with Crippen LogP contribution < -0.4 is 20.1 Å². The number of carbonyl (C=O) groups excluding carboxylic acids is 1. The highest BCUT2D eigenvalue weighted by atomic mass is 16.5. The van der Waals surface area contributed by atoms with Gasteiger partial charge in [0.15, 0.2) is 11.5 Å². The second kappa shape index (κ2) is 8.09. The SMILES string of the molecule is O=C(NCCc1ccc2c(c1)OCCCO2)NC1CCCCC1. The number of amides is 2. The third-order valence-corrected chi connectivity index (χ3v) is 4.45. The fourth-order valence-corrected chi connectivity index (χ4v) is 3.17. The molecule has 1 aromatic rings. The van der Waals surface area contributed by atoms with E-state index in [9.17, 15) is 4.79 Å². The minimum atomic E-state index is -0.0498. The van der Waals surface area contributed by atoms with Gasteiger partial charge < -0.3 is 20.1 Å². The molecule has 1 aliphatic carbocycles. The Morgan fingerprint density at radius 3 is 2.65 bits per heavy atom. The summed E-state index contributed by atoms with van der Waals surface area (Å²) in [5, 5.41) is 6.02. The van der Waals surface area contributed by atoms with E-state index in [1.165, 1.54) is 19.3 Å². The Morgan fingerprint density at radius 1 is 1.04 bits per heavy atom. The number of nitrogens with one attached hydrogen (secondary N) is 2. The molecule has 0 radical (unpaired) electrons. The molecule has 2 amide bonds. The number of ether oxygens (including phenoxy) is 2. The van der Waals surface area contributed by atoms with Crippen molar-refractivity contribution in [2.75, 3.05) is 19.8 Å². The van der Waals surface area contributed by atoms with Crippen LogP contribution >= 0.6 is 0 Å². The summed E-state index contributed by atoms with van der Waals surface area (Å²) in [5.74, 6) is 1.63. The molecule has 0 aromatic heterocycles.